The Morgan fingerprint density at radius 2 is 1.57 bits per heavy atom. The van der Waals surface area contributed by atoms with Crippen LogP contribution in [0.5, 0.6) is 11.5 Å². The van der Waals surface area contributed by atoms with Gasteiger partial charge in [-0.05, 0) is 71.6 Å². The number of rotatable bonds is 3. The van der Waals surface area contributed by atoms with Gasteiger partial charge in [0.2, 0.25) is 0 Å². The van der Waals surface area contributed by atoms with Gasteiger partial charge in [0.15, 0.2) is 11.4 Å². The number of esters is 1. The lowest BCUT2D eigenvalue weighted by atomic mass is 9.86. The minimum absolute atomic E-state index is 0.193. The van der Waals surface area contributed by atoms with Crippen molar-refractivity contribution in [3.63, 3.8) is 0 Å². The summed E-state index contributed by atoms with van der Waals surface area (Å²) < 4.78 is 23.2. The van der Waals surface area contributed by atoms with E-state index in [1.165, 1.54) is 6.92 Å². The Morgan fingerprint density at radius 1 is 0.967 bits per heavy atom. The summed E-state index contributed by atoms with van der Waals surface area (Å²) in [5, 5.41) is 3.08. The van der Waals surface area contributed by atoms with E-state index in [0.717, 1.165) is 22.3 Å². The van der Waals surface area contributed by atoms with Crippen LogP contribution in [0.15, 0.2) is 0 Å². The first-order valence-electron chi connectivity index (χ1n) is 10.4. The Kier molecular flexibility index (Phi) is 5.67. The number of nitrogens with one attached hydrogen (secondary N) is 1. The molecular weight excluding hydrogens is 386 g/mol. The summed E-state index contributed by atoms with van der Waals surface area (Å²) in [6, 6.07) is 0. The fourth-order valence-electron chi connectivity index (χ4n) is 3.92. The zero-order chi connectivity index (χ0) is 22.5. The van der Waals surface area contributed by atoms with Gasteiger partial charge in [-0.2, -0.15) is 0 Å². The summed E-state index contributed by atoms with van der Waals surface area (Å²) >= 11 is 0. The molecule has 1 aromatic carbocycles. The smallest absolute Gasteiger partial charge is 0.308 e. The van der Waals surface area contributed by atoms with Gasteiger partial charge in [-0.1, -0.05) is 0 Å². The summed E-state index contributed by atoms with van der Waals surface area (Å²) in [7, 11) is 0. The monoisotopic (exact) mass is 419 g/mol. The predicted octanol–water partition coefficient (Wildman–Crippen LogP) is 3.28. The lowest BCUT2D eigenvalue weighted by Gasteiger charge is -2.44. The summed E-state index contributed by atoms with van der Waals surface area (Å²) in [6.07, 6.45) is 1.16. The zero-order valence-corrected chi connectivity index (χ0v) is 19.3. The number of hydrogen-bond donors (Lipinski definition) is 1. The molecule has 166 valence electrons. The highest BCUT2D eigenvalue weighted by Gasteiger charge is 2.45. The third-order valence-corrected chi connectivity index (χ3v) is 6.11. The largest absolute Gasteiger partial charge is 0.477 e. The van der Waals surface area contributed by atoms with Crippen molar-refractivity contribution in [1.82, 2.24) is 5.32 Å². The Bertz CT molecular complexity index is 880. The van der Waals surface area contributed by atoms with Gasteiger partial charge < -0.3 is 24.3 Å². The second kappa shape index (κ2) is 7.54. The van der Waals surface area contributed by atoms with Gasteiger partial charge >= 0.3 is 5.97 Å². The van der Waals surface area contributed by atoms with Gasteiger partial charge in [0.1, 0.15) is 11.5 Å². The van der Waals surface area contributed by atoms with Gasteiger partial charge in [-0.25, -0.2) is 0 Å². The van der Waals surface area contributed by atoms with Crippen molar-refractivity contribution in [3.05, 3.63) is 22.3 Å². The third kappa shape index (κ3) is 4.18. The van der Waals surface area contributed by atoms with Crippen LogP contribution in [0.3, 0.4) is 0 Å². The van der Waals surface area contributed by atoms with Gasteiger partial charge in [-0.15, -0.1) is 0 Å². The first-order valence-corrected chi connectivity index (χ1v) is 10.4. The molecule has 0 aromatic heterocycles. The molecule has 1 atom stereocenters. The van der Waals surface area contributed by atoms with Crippen LogP contribution in [-0.4, -0.2) is 42.0 Å². The lowest BCUT2D eigenvalue weighted by molar-refractivity contribution is -0.268. The SMILES string of the molecule is CC(=O)Oc1c(C)c(C)c2c(c1C)CCC(C)(C(=O)NC1(C)COC(C)(C)OC1)O2. The van der Waals surface area contributed by atoms with Crippen LogP contribution in [-0.2, 0) is 25.5 Å². The number of hydrogen-bond acceptors (Lipinski definition) is 6. The normalized spacial score (nSPS) is 24.4. The van der Waals surface area contributed by atoms with E-state index in [-0.39, 0.29) is 11.9 Å². The second-order valence-electron chi connectivity index (χ2n) is 9.43. The van der Waals surface area contributed by atoms with Crippen molar-refractivity contribution >= 4 is 11.9 Å². The third-order valence-electron chi connectivity index (χ3n) is 6.11. The Hall–Kier alpha value is -2.12. The molecule has 7 nitrogen and oxygen atoms in total. The van der Waals surface area contributed by atoms with Crippen molar-refractivity contribution < 1.29 is 28.5 Å². The van der Waals surface area contributed by atoms with Crippen molar-refractivity contribution in [1.29, 1.82) is 0 Å². The van der Waals surface area contributed by atoms with E-state index in [9.17, 15) is 9.59 Å². The van der Waals surface area contributed by atoms with Crippen LogP contribution in [0.4, 0.5) is 0 Å². The number of carbonyl (C=O) groups excluding carboxylic acids is 2. The minimum Gasteiger partial charge on any atom is -0.477 e. The van der Waals surface area contributed by atoms with Crippen molar-refractivity contribution in [2.24, 2.45) is 0 Å². The van der Waals surface area contributed by atoms with Crippen LogP contribution >= 0.6 is 0 Å². The highest BCUT2D eigenvalue weighted by atomic mass is 16.7. The molecule has 3 rings (SSSR count). The quantitative estimate of drug-likeness (QED) is 0.598. The van der Waals surface area contributed by atoms with Gasteiger partial charge in [-0.3, -0.25) is 9.59 Å². The Labute approximate surface area is 178 Å². The molecule has 2 aliphatic heterocycles. The Balaban J connectivity index is 1.84. The molecule has 0 radical (unpaired) electrons. The molecule has 1 fully saturated rings. The van der Waals surface area contributed by atoms with Gasteiger partial charge in [0.05, 0.1) is 18.8 Å². The molecule has 30 heavy (non-hydrogen) atoms. The molecule has 2 heterocycles. The Morgan fingerprint density at radius 3 is 2.13 bits per heavy atom. The number of amides is 1. The molecule has 0 saturated carbocycles. The van der Waals surface area contributed by atoms with Gasteiger partial charge in [0.25, 0.3) is 5.91 Å². The molecule has 2 aliphatic rings. The first kappa shape index (κ1) is 22.6. The molecule has 1 N–H and O–H groups in total. The standard InChI is InChI=1S/C23H33NO6/c1-13-14(2)19-17(15(3)18(13)29-16(4)25)9-10-23(8,30-19)20(26)24-22(7)11-27-21(5,6)28-12-22/h9-12H2,1-8H3,(H,24,26). The molecule has 0 aliphatic carbocycles. The van der Waals surface area contributed by atoms with Crippen LogP contribution in [0.25, 0.3) is 0 Å². The minimum atomic E-state index is -1.02. The molecule has 0 bridgehead atoms. The fourth-order valence-corrected chi connectivity index (χ4v) is 3.92. The van der Waals surface area contributed by atoms with Crippen molar-refractivity contribution in [2.45, 2.75) is 85.2 Å². The van der Waals surface area contributed by atoms with E-state index in [1.54, 1.807) is 0 Å². The summed E-state index contributed by atoms with van der Waals surface area (Å²) in [6.45, 7) is 15.3. The average Bonchev–Trinajstić information content (AvgIpc) is 2.66. The van der Waals surface area contributed by atoms with Gasteiger partial charge in [0, 0.05) is 18.9 Å². The van der Waals surface area contributed by atoms with Crippen LogP contribution in [0.1, 0.15) is 63.3 Å². The van der Waals surface area contributed by atoms with Crippen molar-refractivity contribution in [3.8, 4) is 11.5 Å². The van der Waals surface area contributed by atoms with E-state index in [0.29, 0.717) is 37.6 Å². The maximum absolute atomic E-state index is 13.2. The average molecular weight is 420 g/mol. The summed E-state index contributed by atoms with van der Waals surface area (Å²) in [5.74, 6) is 0.0886. The molecule has 7 heteroatoms. The highest BCUT2D eigenvalue weighted by molar-refractivity contribution is 5.86. The van der Waals surface area contributed by atoms with Crippen LogP contribution in [0.2, 0.25) is 0 Å². The zero-order valence-electron chi connectivity index (χ0n) is 19.3. The number of fused-ring (bicyclic) bond motifs is 1. The lowest BCUT2D eigenvalue weighted by Crippen LogP contribution is -2.63. The molecular formula is C23H33NO6. The number of ether oxygens (including phenoxy) is 4. The first-order chi connectivity index (χ1) is 13.8. The number of benzene rings is 1. The topological polar surface area (TPSA) is 83.1 Å². The summed E-state index contributed by atoms with van der Waals surface area (Å²) in [5.41, 5.74) is 1.94. The summed E-state index contributed by atoms with van der Waals surface area (Å²) in [4.78, 5) is 24.8. The molecule has 1 unspecified atom stereocenters. The maximum atomic E-state index is 13.2. The van der Waals surface area contributed by atoms with Crippen molar-refractivity contribution in [2.75, 3.05) is 13.2 Å². The van der Waals surface area contributed by atoms with E-state index >= 15 is 0 Å². The molecule has 1 aromatic rings. The van der Waals surface area contributed by atoms with E-state index < -0.39 is 16.9 Å². The maximum Gasteiger partial charge on any atom is 0.308 e. The predicted molar refractivity (Wildman–Crippen MR) is 112 cm³/mol. The highest BCUT2D eigenvalue weighted by Crippen LogP contribution is 2.44. The van der Waals surface area contributed by atoms with Crippen LogP contribution < -0.4 is 14.8 Å². The number of carbonyl (C=O) groups is 2. The van der Waals surface area contributed by atoms with E-state index in [2.05, 4.69) is 5.32 Å². The van der Waals surface area contributed by atoms with E-state index in [1.807, 2.05) is 48.5 Å². The second-order valence-corrected chi connectivity index (χ2v) is 9.43. The molecule has 1 saturated heterocycles. The van der Waals surface area contributed by atoms with Crippen LogP contribution in [0, 0.1) is 20.8 Å². The van der Waals surface area contributed by atoms with E-state index in [4.69, 9.17) is 18.9 Å². The molecule has 0 spiro atoms. The molecule has 1 amide bonds. The fraction of sp³-hybridized carbons (Fsp3) is 0.652.